The van der Waals surface area contributed by atoms with E-state index in [1.54, 1.807) is 0 Å². The van der Waals surface area contributed by atoms with E-state index in [0.29, 0.717) is 12.1 Å². The van der Waals surface area contributed by atoms with Gasteiger partial charge in [-0.05, 0) is 64.6 Å². The summed E-state index contributed by atoms with van der Waals surface area (Å²) in [4.78, 5) is 8.06. The van der Waals surface area contributed by atoms with E-state index >= 15 is 0 Å². The van der Waals surface area contributed by atoms with Crippen LogP contribution in [0.3, 0.4) is 0 Å². The topological polar surface area (TPSA) is 21.8 Å². The molecule has 4 heteroatoms. The van der Waals surface area contributed by atoms with Gasteiger partial charge in [0.1, 0.15) is 0 Å². The Kier molecular flexibility index (Phi) is 9.18. The van der Waals surface area contributed by atoms with Crippen LogP contribution in [0.4, 0.5) is 0 Å². The van der Waals surface area contributed by atoms with Crippen molar-refractivity contribution >= 4 is 0 Å². The van der Waals surface area contributed by atoms with Crippen LogP contribution in [0.25, 0.3) is 0 Å². The minimum absolute atomic E-state index is 0.690. The third kappa shape index (κ3) is 7.54. The van der Waals surface area contributed by atoms with Gasteiger partial charge in [0.05, 0.1) is 0 Å². The lowest BCUT2D eigenvalue weighted by Crippen LogP contribution is -2.55. The molecule has 2 saturated heterocycles. The molecule has 0 radical (unpaired) electrons. The predicted molar refractivity (Wildman–Crippen MR) is 109 cm³/mol. The molecule has 148 valence electrons. The summed E-state index contributed by atoms with van der Waals surface area (Å²) in [5.41, 5.74) is 0. The molecule has 0 amide bonds. The lowest BCUT2D eigenvalue weighted by Gasteiger charge is -2.40. The third-order valence-electron chi connectivity index (χ3n) is 6.32. The quantitative estimate of drug-likeness (QED) is 0.689. The SMILES string of the molecule is CC(C)CCN1CCN(CCC(C)CCN2C(C)CNCC2C)CC1. The fourth-order valence-corrected chi connectivity index (χ4v) is 4.20. The lowest BCUT2D eigenvalue weighted by molar-refractivity contribution is 0.103. The molecule has 2 fully saturated rings. The van der Waals surface area contributed by atoms with Gasteiger partial charge in [0.2, 0.25) is 0 Å². The zero-order valence-electron chi connectivity index (χ0n) is 17.6. The van der Waals surface area contributed by atoms with Crippen molar-refractivity contribution in [3.8, 4) is 0 Å². The second-order valence-corrected chi connectivity index (χ2v) is 9.14. The Labute approximate surface area is 157 Å². The zero-order chi connectivity index (χ0) is 18.2. The molecule has 3 atom stereocenters. The maximum Gasteiger partial charge on any atom is 0.0195 e. The lowest BCUT2D eigenvalue weighted by atomic mass is 10.0. The Hall–Kier alpha value is -0.160. The average Bonchev–Trinajstić information content (AvgIpc) is 2.58. The first-order chi connectivity index (χ1) is 12.0. The number of nitrogens with one attached hydrogen (secondary N) is 1. The monoisotopic (exact) mass is 352 g/mol. The van der Waals surface area contributed by atoms with Gasteiger partial charge in [0.25, 0.3) is 0 Å². The third-order valence-corrected chi connectivity index (χ3v) is 6.32. The Morgan fingerprint density at radius 1 is 0.760 bits per heavy atom. The summed E-state index contributed by atoms with van der Waals surface area (Å²) in [6.07, 6.45) is 4.06. The van der Waals surface area contributed by atoms with Gasteiger partial charge in [-0.1, -0.05) is 20.8 Å². The molecule has 4 nitrogen and oxygen atoms in total. The van der Waals surface area contributed by atoms with Crippen LogP contribution >= 0.6 is 0 Å². The first kappa shape index (κ1) is 21.1. The van der Waals surface area contributed by atoms with Crippen molar-refractivity contribution in [3.63, 3.8) is 0 Å². The van der Waals surface area contributed by atoms with Crippen molar-refractivity contribution in [2.45, 2.75) is 66.0 Å². The van der Waals surface area contributed by atoms with E-state index in [9.17, 15) is 0 Å². The predicted octanol–water partition coefficient (Wildman–Crippen LogP) is 2.75. The number of hydrogen-bond donors (Lipinski definition) is 1. The molecule has 2 aliphatic heterocycles. The van der Waals surface area contributed by atoms with Crippen molar-refractivity contribution < 1.29 is 0 Å². The highest BCUT2D eigenvalue weighted by Gasteiger charge is 2.24. The number of rotatable bonds is 9. The Morgan fingerprint density at radius 2 is 1.24 bits per heavy atom. The first-order valence-corrected chi connectivity index (χ1v) is 10.9. The van der Waals surface area contributed by atoms with Crippen molar-refractivity contribution in [1.29, 1.82) is 0 Å². The van der Waals surface area contributed by atoms with Crippen LogP contribution in [0.5, 0.6) is 0 Å². The van der Waals surface area contributed by atoms with Gasteiger partial charge in [-0.15, -0.1) is 0 Å². The molecule has 0 aliphatic carbocycles. The number of hydrogen-bond acceptors (Lipinski definition) is 4. The molecule has 0 spiro atoms. The van der Waals surface area contributed by atoms with Gasteiger partial charge in [-0.3, -0.25) is 4.90 Å². The molecule has 2 rings (SSSR count). The highest BCUT2D eigenvalue weighted by atomic mass is 15.3. The van der Waals surface area contributed by atoms with Crippen molar-refractivity contribution in [1.82, 2.24) is 20.0 Å². The molecule has 2 heterocycles. The van der Waals surface area contributed by atoms with E-state index in [1.807, 2.05) is 0 Å². The number of nitrogens with zero attached hydrogens (tertiary/aromatic N) is 3. The maximum absolute atomic E-state index is 3.54. The normalized spacial score (nSPS) is 28.6. The van der Waals surface area contributed by atoms with E-state index in [0.717, 1.165) is 24.9 Å². The maximum atomic E-state index is 3.54. The molecular formula is C21H44N4. The summed E-state index contributed by atoms with van der Waals surface area (Å²) in [6, 6.07) is 1.38. The summed E-state index contributed by atoms with van der Waals surface area (Å²) in [5.74, 6) is 1.67. The number of piperazine rings is 2. The van der Waals surface area contributed by atoms with Crippen LogP contribution in [0.15, 0.2) is 0 Å². The molecule has 0 aromatic heterocycles. The van der Waals surface area contributed by atoms with Crippen molar-refractivity contribution in [2.24, 2.45) is 11.8 Å². The van der Waals surface area contributed by atoms with E-state index in [1.165, 1.54) is 65.1 Å². The molecule has 25 heavy (non-hydrogen) atoms. The van der Waals surface area contributed by atoms with Gasteiger partial charge in [-0.2, -0.15) is 0 Å². The van der Waals surface area contributed by atoms with Crippen molar-refractivity contribution in [3.05, 3.63) is 0 Å². The standard InChI is InChI=1S/C21H44N4/c1-18(2)6-9-23-12-14-24(15-13-23)10-7-19(3)8-11-25-20(4)16-22-17-21(25)5/h18-22H,6-17H2,1-5H3. The molecule has 0 saturated carbocycles. The van der Waals surface area contributed by atoms with Gasteiger partial charge in [-0.25, -0.2) is 0 Å². The largest absolute Gasteiger partial charge is 0.314 e. The molecule has 3 unspecified atom stereocenters. The molecule has 0 bridgehead atoms. The fraction of sp³-hybridized carbons (Fsp3) is 1.00. The summed E-state index contributed by atoms with van der Waals surface area (Å²) in [5, 5.41) is 3.54. The minimum Gasteiger partial charge on any atom is -0.314 e. The van der Waals surface area contributed by atoms with Crippen molar-refractivity contribution in [2.75, 3.05) is 58.9 Å². The smallest absolute Gasteiger partial charge is 0.0195 e. The van der Waals surface area contributed by atoms with Gasteiger partial charge in [0, 0.05) is 51.4 Å². The van der Waals surface area contributed by atoms with Crippen LogP contribution in [0.2, 0.25) is 0 Å². The van der Waals surface area contributed by atoms with E-state index in [4.69, 9.17) is 0 Å². The molecular weight excluding hydrogens is 308 g/mol. The first-order valence-electron chi connectivity index (χ1n) is 10.9. The Balaban J connectivity index is 1.57. The van der Waals surface area contributed by atoms with Gasteiger partial charge < -0.3 is 15.1 Å². The van der Waals surface area contributed by atoms with Crippen LogP contribution in [0.1, 0.15) is 53.9 Å². The Bertz CT molecular complexity index is 342. The molecule has 0 aromatic rings. The highest BCUT2D eigenvalue weighted by molar-refractivity contribution is 4.82. The summed E-state index contributed by atoms with van der Waals surface area (Å²) in [6.45, 7) is 23.1. The summed E-state index contributed by atoms with van der Waals surface area (Å²) >= 11 is 0. The zero-order valence-corrected chi connectivity index (χ0v) is 17.6. The minimum atomic E-state index is 0.690. The van der Waals surface area contributed by atoms with Crippen LogP contribution in [0, 0.1) is 11.8 Å². The fourth-order valence-electron chi connectivity index (χ4n) is 4.20. The molecule has 1 N–H and O–H groups in total. The van der Waals surface area contributed by atoms with Crippen LogP contribution in [-0.4, -0.2) is 85.7 Å². The summed E-state index contributed by atoms with van der Waals surface area (Å²) < 4.78 is 0. The Morgan fingerprint density at radius 3 is 1.76 bits per heavy atom. The van der Waals surface area contributed by atoms with E-state index < -0.39 is 0 Å². The van der Waals surface area contributed by atoms with E-state index in [2.05, 4.69) is 54.6 Å². The van der Waals surface area contributed by atoms with Crippen LogP contribution < -0.4 is 5.32 Å². The summed E-state index contributed by atoms with van der Waals surface area (Å²) in [7, 11) is 0. The van der Waals surface area contributed by atoms with Gasteiger partial charge in [0.15, 0.2) is 0 Å². The second-order valence-electron chi connectivity index (χ2n) is 9.14. The average molecular weight is 353 g/mol. The van der Waals surface area contributed by atoms with E-state index in [-0.39, 0.29) is 0 Å². The molecule has 2 aliphatic rings. The van der Waals surface area contributed by atoms with Gasteiger partial charge >= 0.3 is 0 Å². The molecule has 0 aromatic carbocycles. The highest BCUT2D eigenvalue weighted by Crippen LogP contribution is 2.16. The second kappa shape index (κ2) is 10.9. The van der Waals surface area contributed by atoms with Crippen LogP contribution in [-0.2, 0) is 0 Å².